The first kappa shape index (κ1) is 13.1. The van der Waals surface area contributed by atoms with Gasteiger partial charge in [-0.25, -0.2) is 0 Å². The number of Topliss-reactive ketones (excluding diaryl/α,β-unsaturated/α-hetero) is 2. The van der Waals surface area contributed by atoms with Gasteiger partial charge in [0.1, 0.15) is 11.6 Å². The van der Waals surface area contributed by atoms with E-state index in [9.17, 15) is 9.59 Å². The van der Waals surface area contributed by atoms with Crippen molar-refractivity contribution >= 4 is 11.6 Å². The molecule has 0 aliphatic carbocycles. The minimum atomic E-state index is 0.225. The summed E-state index contributed by atoms with van der Waals surface area (Å²) in [6.45, 7) is 7.77. The lowest BCUT2D eigenvalue weighted by molar-refractivity contribution is -0.118. The van der Waals surface area contributed by atoms with Crippen molar-refractivity contribution in [3.8, 4) is 0 Å². The summed E-state index contributed by atoms with van der Waals surface area (Å²) >= 11 is 0. The Bertz CT molecular complexity index is 262. The minimum absolute atomic E-state index is 0.225. The summed E-state index contributed by atoms with van der Waals surface area (Å²) in [6.07, 6.45) is 5.09. The maximum absolute atomic E-state index is 11.2. The maximum Gasteiger partial charge on any atom is 0.131 e. The lowest BCUT2D eigenvalue weighted by atomic mass is 10.1. The fourth-order valence-electron chi connectivity index (χ4n) is 2.56. The third-order valence-corrected chi connectivity index (χ3v) is 3.16. The van der Waals surface area contributed by atoms with Gasteiger partial charge in [-0.2, -0.15) is 0 Å². The third-order valence-electron chi connectivity index (χ3n) is 3.16. The number of likely N-dealkylation sites (tertiary alicyclic amines) is 1. The Morgan fingerprint density at radius 1 is 1.19 bits per heavy atom. The Kier molecular flexibility index (Phi) is 4.87. The monoisotopic (exact) mass is 223 g/mol. The molecule has 3 nitrogen and oxygen atoms in total. The van der Waals surface area contributed by atoms with Gasteiger partial charge >= 0.3 is 0 Å². The van der Waals surface area contributed by atoms with Crippen molar-refractivity contribution in [1.29, 1.82) is 0 Å². The number of hydrogen-bond acceptors (Lipinski definition) is 3. The highest BCUT2D eigenvalue weighted by atomic mass is 16.1. The summed E-state index contributed by atoms with van der Waals surface area (Å²) in [5.74, 6) is 0.449. The topological polar surface area (TPSA) is 37.4 Å². The quantitative estimate of drug-likeness (QED) is 0.646. The molecule has 1 aliphatic rings. The van der Waals surface area contributed by atoms with Crippen LogP contribution < -0.4 is 0 Å². The Balaban J connectivity index is 2.63. The van der Waals surface area contributed by atoms with Crippen LogP contribution in [0.25, 0.3) is 0 Å². The zero-order chi connectivity index (χ0) is 12.1. The van der Waals surface area contributed by atoms with E-state index in [1.165, 1.54) is 0 Å². The molecule has 1 heterocycles. The average Bonchev–Trinajstić information content (AvgIpc) is 2.49. The molecule has 0 bridgehead atoms. The van der Waals surface area contributed by atoms with Crippen LogP contribution in [-0.2, 0) is 9.59 Å². The number of rotatable bonds is 6. The van der Waals surface area contributed by atoms with Crippen LogP contribution in [0.1, 0.15) is 39.5 Å². The Morgan fingerprint density at radius 3 is 1.94 bits per heavy atom. The number of carbonyl (C=O) groups is 2. The van der Waals surface area contributed by atoms with Crippen molar-refractivity contribution < 1.29 is 9.59 Å². The summed E-state index contributed by atoms with van der Waals surface area (Å²) in [5.41, 5.74) is 0. The van der Waals surface area contributed by atoms with Crippen LogP contribution in [0, 0.1) is 0 Å². The zero-order valence-electron chi connectivity index (χ0n) is 10.2. The van der Waals surface area contributed by atoms with Gasteiger partial charge in [0, 0.05) is 31.5 Å². The van der Waals surface area contributed by atoms with E-state index in [-0.39, 0.29) is 11.6 Å². The molecule has 0 amide bonds. The molecule has 2 atom stereocenters. The van der Waals surface area contributed by atoms with Crippen molar-refractivity contribution in [3.05, 3.63) is 12.7 Å². The molecule has 1 rings (SSSR count). The van der Waals surface area contributed by atoms with Crippen LogP contribution in [0.3, 0.4) is 0 Å². The number of hydrogen-bond donors (Lipinski definition) is 0. The van der Waals surface area contributed by atoms with Crippen LogP contribution in [-0.4, -0.2) is 35.1 Å². The molecule has 0 saturated carbocycles. The number of nitrogens with zero attached hydrogens (tertiary/aromatic N) is 1. The molecule has 0 aromatic carbocycles. The molecule has 1 aliphatic heterocycles. The minimum Gasteiger partial charge on any atom is -0.300 e. The molecule has 1 saturated heterocycles. The second-order valence-corrected chi connectivity index (χ2v) is 4.68. The first-order valence-electron chi connectivity index (χ1n) is 5.90. The molecule has 0 unspecified atom stereocenters. The molecule has 3 heteroatoms. The summed E-state index contributed by atoms with van der Waals surface area (Å²) in [7, 11) is 0. The van der Waals surface area contributed by atoms with E-state index in [0.29, 0.717) is 24.9 Å². The van der Waals surface area contributed by atoms with Gasteiger partial charge in [-0.15, -0.1) is 6.58 Å². The average molecular weight is 223 g/mol. The van der Waals surface area contributed by atoms with Crippen LogP contribution >= 0.6 is 0 Å². The SMILES string of the molecule is C=CCN1[C@@H](CC(C)=O)CC[C@H]1CC(C)=O. The number of carbonyl (C=O) groups excluding carboxylic acids is 2. The predicted octanol–water partition coefficient (Wildman–Crippen LogP) is 1.96. The summed E-state index contributed by atoms with van der Waals surface area (Å²) in [6, 6.07) is 0.611. The second-order valence-electron chi connectivity index (χ2n) is 4.68. The lowest BCUT2D eigenvalue weighted by Crippen LogP contribution is -2.38. The van der Waals surface area contributed by atoms with E-state index in [2.05, 4.69) is 11.5 Å². The van der Waals surface area contributed by atoms with Gasteiger partial charge in [0.2, 0.25) is 0 Å². The normalized spacial score (nSPS) is 25.6. The van der Waals surface area contributed by atoms with Crippen LogP contribution in [0.15, 0.2) is 12.7 Å². The molecule has 1 fully saturated rings. The summed E-state index contributed by atoms with van der Waals surface area (Å²) in [5, 5.41) is 0. The lowest BCUT2D eigenvalue weighted by Gasteiger charge is -2.28. The standard InChI is InChI=1S/C13H21NO2/c1-4-7-14-12(8-10(2)15)5-6-13(14)9-11(3)16/h4,12-13H,1,5-9H2,2-3H3/t12-,13+. The van der Waals surface area contributed by atoms with Crippen molar-refractivity contribution in [2.45, 2.75) is 51.6 Å². The summed E-state index contributed by atoms with van der Waals surface area (Å²) < 4.78 is 0. The van der Waals surface area contributed by atoms with Crippen molar-refractivity contribution in [1.82, 2.24) is 4.90 Å². The van der Waals surface area contributed by atoms with Gasteiger partial charge < -0.3 is 0 Å². The molecule has 0 aromatic heterocycles. The Labute approximate surface area is 97.5 Å². The second kappa shape index (κ2) is 5.94. The maximum atomic E-state index is 11.2. The van der Waals surface area contributed by atoms with Crippen LogP contribution in [0.4, 0.5) is 0 Å². The Morgan fingerprint density at radius 2 is 1.62 bits per heavy atom. The third kappa shape index (κ3) is 3.56. The largest absolute Gasteiger partial charge is 0.300 e. The highest BCUT2D eigenvalue weighted by molar-refractivity contribution is 5.77. The van der Waals surface area contributed by atoms with Crippen LogP contribution in [0.5, 0.6) is 0 Å². The van der Waals surface area contributed by atoms with Gasteiger partial charge in [-0.05, 0) is 26.7 Å². The van der Waals surface area contributed by atoms with Gasteiger partial charge in [-0.1, -0.05) is 6.08 Å². The smallest absolute Gasteiger partial charge is 0.131 e. The van der Waals surface area contributed by atoms with E-state index < -0.39 is 0 Å². The van der Waals surface area contributed by atoms with E-state index in [0.717, 1.165) is 19.4 Å². The van der Waals surface area contributed by atoms with E-state index in [4.69, 9.17) is 0 Å². The zero-order valence-corrected chi connectivity index (χ0v) is 10.2. The highest BCUT2D eigenvalue weighted by Crippen LogP contribution is 2.28. The van der Waals surface area contributed by atoms with Gasteiger partial charge in [0.15, 0.2) is 0 Å². The van der Waals surface area contributed by atoms with Gasteiger partial charge in [0.25, 0.3) is 0 Å². The fourth-order valence-corrected chi connectivity index (χ4v) is 2.56. The molecule has 0 spiro atoms. The predicted molar refractivity (Wildman–Crippen MR) is 64.3 cm³/mol. The molecule has 16 heavy (non-hydrogen) atoms. The first-order chi connectivity index (χ1) is 7.54. The molecule has 0 N–H and O–H groups in total. The van der Waals surface area contributed by atoms with Gasteiger partial charge in [0.05, 0.1) is 0 Å². The van der Waals surface area contributed by atoms with E-state index in [1.54, 1.807) is 13.8 Å². The Hall–Kier alpha value is -0.960. The van der Waals surface area contributed by atoms with Crippen LogP contribution in [0.2, 0.25) is 0 Å². The number of ketones is 2. The molecule has 90 valence electrons. The van der Waals surface area contributed by atoms with Gasteiger partial charge in [-0.3, -0.25) is 14.5 Å². The highest BCUT2D eigenvalue weighted by Gasteiger charge is 2.33. The van der Waals surface area contributed by atoms with E-state index >= 15 is 0 Å². The van der Waals surface area contributed by atoms with Crippen molar-refractivity contribution in [2.24, 2.45) is 0 Å². The molecule has 0 aromatic rings. The molecular formula is C13H21NO2. The van der Waals surface area contributed by atoms with Crippen molar-refractivity contribution in [3.63, 3.8) is 0 Å². The molecular weight excluding hydrogens is 202 g/mol. The molecule has 0 radical (unpaired) electrons. The van der Waals surface area contributed by atoms with Crippen molar-refractivity contribution in [2.75, 3.05) is 6.54 Å². The summed E-state index contributed by atoms with van der Waals surface area (Å²) in [4.78, 5) is 24.6. The van der Waals surface area contributed by atoms with E-state index in [1.807, 2.05) is 6.08 Å². The fraction of sp³-hybridized carbons (Fsp3) is 0.692. The first-order valence-corrected chi connectivity index (χ1v) is 5.90.